The minimum Gasteiger partial charge on any atom is -0.456 e. The van der Waals surface area contributed by atoms with E-state index in [2.05, 4.69) is 168 Å². The zero-order chi connectivity index (χ0) is 37.0. The second-order valence-electron chi connectivity index (χ2n) is 14.0. The van der Waals surface area contributed by atoms with Gasteiger partial charge in [0.2, 0.25) is 5.95 Å². The molecule has 5 heteroatoms. The first-order valence-corrected chi connectivity index (χ1v) is 18.8. The number of benzene rings is 8. The van der Waals surface area contributed by atoms with E-state index in [1.165, 1.54) is 0 Å². The molecule has 3 aromatic heterocycles. The van der Waals surface area contributed by atoms with E-state index in [1.807, 2.05) is 36.7 Å². The summed E-state index contributed by atoms with van der Waals surface area (Å²) in [6.45, 7) is 0. The average Bonchev–Trinajstić information content (AvgIpc) is 3.65. The van der Waals surface area contributed by atoms with E-state index in [4.69, 9.17) is 14.4 Å². The quantitative estimate of drug-likeness (QED) is 0.160. The molecule has 0 aliphatic rings. The lowest BCUT2D eigenvalue weighted by atomic mass is 9.94. The molecule has 0 saturated heterocycles. The van der Waals surface area contributed by atoms with Gasteiger partial charge in [-0.25, -0.2) is 9.97 Å². The number of hydrogen-bond acceptors (Lipinski definition) is 5. The van der Waals surface area contributed by atoms with Gasteiger partial charge in [0, 0.05) is 45.1 Å². The van der Waals surface area contributed by atoms with Crippen molar-refractivity contribution in [1.82, 2.24) is 15.0 Å². The molecular formula is C51H32N4O. The van der Waals surface area contributed by atoms with Gasteiger partial charge in [-0.15, -0.1) is 0 Å². The highest BCUT2D eigenvalue weighted by Gasteiger charge is 2.25. The van der Waals surface area contributed by atoms with E-state index in [0.29, 0.717) is 5.95 Å². The Kier molecular flexibility index (Phi) is 7.42. The van der Waals surface area contributed by atoms with E-state index in [0.717, 1.165) is 99.3 Å². The maximum atomic E-state index is 6.29. The average molecular weight is 717 g/mol. The Morgan fingerprint density at radius 3 is 1.79 bits per heavy atom. The van der Waals surface area contributed by atoms with E-state index in [1.54, 1.807) is 0 Å². The van der Waals surface area contributed by atoms with Crippen molar-refractivity contribution in [2.24, 2.45) is 0 Å². The molecule has 262 valence electrons. The molecule has 0 saturated carbocycles. The van der Waals surface area contributed by atoms with Gasteiger partial charge in [-0.2, -0.15) is 0 Å². The van der Waals surface area contributed by atoms with Gasteiger partial charge < -0.3 is 4.42 Å². The van der Waals surface area contributed by atoms with Gasteiger partial charge in [-0.1, -0.05) is 133 Å². The van der Waals surface area contributed by atoms with Gasteiger partial charge >= 0.3 is 0 Å². The number of pyridine rings is 1. The minimum atomic E-state index is 0.556. The first-order chi connectivity index (χ1) is 27.8. The van der Waals surface area contributed by atoms with Gasteiger partial charge in [0.25, 0.3) is 0 Å². The third-order valence-corrected chi connectivity index (χ3v) is 10.8. The lowest BCUT2D eigenvalue weighted by molar-refractivity contribution is 0.669. The first-order valence-electron chi connectivity index (χ1n) is 18.8. The standard InChI is InChI=1S/C51H32N4O/c1-3-13-33(14-4-1)35-23-25-45(43(31-35)34-15-5-2-6-16-34)55(37-27-29-52-30-28-37)51-53-49(36-24-26-47-44(32-36)40-19-11-12-22-46(40)56-47)48-41-20-9-7-17-38(41)39-18-8-10-21-42(39)50(48)54-51/h1-32H. The van der Waals surface area contributed by atoms with Crippen LogP contribution in [0.15, 0.2) is 199 Å². The molecule has 0 amide bonds. The number of fused-ring (bicyclic) bond motifs is 9. The van der Waals surface area contributed by atoms with E-state index in [9.17, 15) is 0 Å². The second-order valence-corrected chi connectivity index (χ2v) is 14.0. The zero-order valence-electron chi connectivity index (χ0n) is 30.2. The molecule has 0 aliphatic heterocycles. The summed E-state index contributed by atoms with van der Waals surface area (Å²) in [4.78, 5) is 17.8. The van der Waals surface area contributed by atoms with Gasteiger partial charge in [-0.05, 0) is 81.4 Å². The van der Waals surface area contributed by atoms with E-state index < -0.39 is 0 Å². The fourth-order valence-corrected chi connectivity index (χ4v) is 8.19. The molecule has 0 spiro atoms. The number of anilines is 3. The maximum absolute atomic E-state index is 6.29. The van der Waals surface area contributed by atoms with Crippen molar-refractivity contribution in [2.45, 2.75) is 0 Å². The van der Waals surface area contributed by atoms with Crippen molar-refractivity contribution < 1.29 is 4.42 Å². The van der Waals surface area contributed by atoms with Crippen molar-refractivity contribution in [2.75, 3.05) is 4.90 Å². The molecule has 0 N–H and O–H groups in total. The number of para-hydroxylation sites is 1. The Hall–Kier alpha value is -7.63. The van der Waals surface area contributed by atoms with Crippen LogP contribution in [0.4, 0.5) is 17.3 Å². The Morgan fingerprint density at radius 1 is 0.411 bits per heavy atom. The molecule has 0 atom stereocenters. The summed E-state index contributed by atoms with van der Waals surface area (Å²) in [6, 6.07) is 63.6. The van der Waals surface area contributed by atoms with Crippen LogP contribution in [0.2, 0.25) is 0 Å². The number of nitrogens with zero attached hydrogens (tertiary/aromatic N) is 4. The first kappa shape index (κ1) is 31.9. The van der Waals surface area contributed by atoms with E-state index in [-0.39, 0.29) is 0 Å². The van der Waals surface area contributed by atoms with Gasteiger partial charge in [0.05, 0.1) is 22.6 Å². The highest BCUT2D eigenvalue weighted by atomic mass is 16.3. The summed E-state index contributed by atoms with van der Waals surface area (Å²) in [6.07, 6.45) is 3.65. The lowest BCUT2D eigenvalue weighted by Gasteiger charge is -2.27. The van der Waals surface area contributed by atoms with Crippen LogP contribution in [0.3, 0.4) is 0 Å². The number of hydrogen-bond donors (Lipinski definition) is 0. The molecule has 0 unspecified atom stereocenters. The summed E-state index contributed by atoms with van der Waals surface area (Å²) in [5, 5.41) is 7.61. The minimum absolute atomic E-state index is 0.556. The molecule has 5 nitrogen and oxygen atoms in total. The van der Waals surface area contributed by atoms with Crippen LogP contribution in [0.5, 0.6) is 0 Å². The predicted octanol–water partition coefficient (Wildman–Crippen LogP) is 13.7. The Morgan fingerprint density at radius 2 is 1.02 bits per heavy atom. The van der Waals surface area contributed by atoms with Crippen molar-refractivity contribution >= 4 is 71.7 Å². The largest absolute Gasteiger partial charge is 0.456 e. The fraction of sp³-hybridized carbons (Fsp3) is 0. The summed E-state index contributed by atoms with van der Waals surface area (Å²) in [5.74, 6) is 0.556. The number of aromatic nitrogens is 3. The summed E-state index contributed by atoms with van der Waals surface area (Å²) in [5.41, 5.74) is 10.7. The van der Waals surface area contributed by atoms with Gasteiger partial charge in [-0.3, -0.25) is 9.88 Å². The third-order valence-electron chi connectivity index (χ3n) is 10.8. The van der Waals surface area contributed by atoms with Crippen molar-refractivity contribution in [1.29, 1.82) is 0 Å². The van der Waals surface area contributed by atoms with Crippen molar-refractivity contribution in [3.05, 3.63) is 194 Å². The molecule has 11 rings (SSSR count). The number of rotatable bonds is 6. The van der Waals surface area contributed by atoms with Crippen LogP contribution in [-0.4, -0.2) is 15.0 Å². The summed E-state index contributed by atoms with van der Waals surface area (Å²) >= 11 is 0. The molecule has 8 aromatic carbocycles. The monoisotopic (exact) mass is 716 g/mol. The normalized spacial score (nSPS) is 11.6. The van der Waals surface area contributed by atoms with E-state index >= 15 is 0 Å². The Labute approximate surface area is 322 Å². The van der Waals surface area contributed by atoms with Crippen LogP contribution in [0.25, 0.3) is 87.9 Å². The Balaban J connectivity index is 1.26. The van der Waals surface area contributed by atoms with Crippen molar-refractivity contribution in [3.8, 4) is 33.5 Å². The summed E-state index contributed by atoms with van der Waals surface area (Å²) < 4.78 is 6.29. The van der Waals surface area contributed by atoms with Gasteiger partial charge in [0.15, 0.2) is 0 Å². The SMILES string of the molecule is c1ccc(-c2ccc(N(c3ccncc3)c3nc(-c4ccc5oc6ccccc6c5c4)c4c5ccccc5c5ccccc5c4n3)c(-c3ccccc3)c2)cc1. The molecule has 0 radical (unpaired) electrons. The molecule has 0 fully saturated rings. The van der Waals surface area contributed by atoms with Crippen molar-refractivity contribution in [3.63, 3.8) is 0 Å². The van der Waals surface area contributed by atoms with Crippen LogP contribution in [0.1, 0.15) is 0 Å². The Bertz CT molecular complexity index is 3250. The third kappa shape index (κ3) is 5.21. The topological polar surface area (TPSA) is 55.1 Å². The molecule has 11 aromatic rings. The molecular weight excluding hydrogens is 685 g/mol. The highest BCUT2D eigenvalue weighted by Crippen LogP contribution is 2.45. The summed E-state index contributed by atoms with van der Waals surface area (Å²) in [7, 11) is 0. The van der Waals surface area contributed by atoms with Crippen LogP contribution < -0.4 is 4.90 Å². The highest BCUT2D eigenvalue weighted by molar-refractivity contribution is 6.27. The molecule has 56 heavy (non-hydrogen) atoms. The van der Waals surface area contributed by atoms with Crippen LogP contribution in [0, 0.1) is 0 Å². The van der Waals surface area contributed by atoms with Crippen LogP contribution >= 0.6 is 0 Å². The lowest BCUT2D eigenvalue weighted by Crippen LogP contribution is -2.15. The molecule has 3 heterocycles. The zero-order valence-corrected chi connectivity index (χ0v) is 30.2. The van der Waals surface area contributed by atoms with Gasteiger partial charge in [0.1, 0.15) is 11.2 Å². The smallest absolute Gasteiger partial charge is 0.235 e. The second kappa shape index (κ2) is 13.0. The van der Waals surface area contributed by atoms with Crippen LogP contribution in [-0.2, 0) is 0 Å². The molecule has 0 aliphatic carbocycles. The predicted molar refractivity (Wildman–Crippen MR) is 231 cm³/mol. The fourth-order valence-electron chi connectivity index (χ4n) is 8.19. The number of furan rings is 1. The molecule has 0 bridgehead atoms. The maximum Gasteiger partial charge on any atom is 0.235 e.